The molecule has 7 heteroatoms. The fourth-order valence-corrected chi connectivity index (χ4v) is 2.98. The smallest absolute Gasteiger partial charge is 0.208 e. The molecular formula is C12H18BrClN2O2S. The molecule has 0 bridgehead atoms. The lowest BCUT2D eigenvalue weighted by atomic mass is 10.1. The van der Waals surface area contributed by atoms with Crippen molar-refractivity contribution in [1.29, 1.82) is 0 Å². The first kappa shape index (κ1) is 16.9. The van der Waals surface area contributed by atoms with Crippen molar-refractivity contribution < 1.29 is 8.42 Å². The quantitative estimate of drug-likeness (QED) is 0.727. The van der Waals surface area contributed by atoms with E-state index in [0.717, 1.165) is 29.3 Å². The fourth-order valence-electron chi connectivity index (χ4n) is 1.63. The molecule has 1 unspecified atom stereocenters. The van der Waals surface area contributed by atoms with Crippen LogP contribution in [-0.2, 0) is 10.0 Å². The first-order valence-electron chi connectivity index (χ1n) is 5.92. The highest BCUT2D eigenvalue weighted by atomic mass is 79.9. The van der Waals surface area contributed by atoms with Gasteiger partial charge in [-0.25, -0.2) is 13.1 Å². The van der Waals surface area contributed by atoms with E-state index in [9.17, 15) is 8.42 Å². The average Bonchev–Trinajstić information content (AvgIpc) is 2.26. The third-order valence-corrected chi connectivity index (χ3v) is 4.15. The van der Waals surface area contributed by atoms with Gasteiger partial charge in [0.1, 0.15) is 0 Å². The monoisotopic (exact) mass is 368 g/mol. The van der Waals surface area contributed by atoms with Gasteiger partial charge in [0.25, 0.3) is 0 Å². The highest BCUT2D eigenvalue weighted by Gasteiger charge is 2.09. The predicted molar refractivity (Wildman–Crippen MR) is 83.0 cm³/mol. The molecule has 0 heterocycles. The standard InChI is InChI=1S/C12H18BrClN2O2S/c1-9(11-5-4-10(13)8-12(11)14)15-6-3-7-16-19(2,17)18/h4-5,8-9,15-16H,3,6-7H2,1-2H3. The molecule has 1 atom stereocenters. The molecule has 0 spiro atoms. The summed E-state index contributed by atoms with van der Waals surface area (Å²) in [5, 5.41) is 4.02. The number of nitrogens with one attached hydrogen (secondary N) is 2. The lowest BCUT2D eigenvalue weighted by molar-refractivity contribution is 0.548. The molecule has 0 saturated heterocycles. The molecule has 0 amide bonds. The fraction of sp³-hybridized carbons (Fsp3) is 0.500. The zero-order chi connectivity index (χ0) is 14.5. The van der Waals surface area contributed by atoms with Gasteiger partial charge in [-0.2, -0.15) is 0 Å². The lowest BCUT2D eigenvalue weighted by Gasteiger charge is -2.16. The average molecular weight is 370 g/mol. The van der Waals surface area contributed by atoms with Gasteiger partial charge in [0.2, 0.25) is 10.0 Å². The van der Waals surface area contributed by atoms with Crippen LogP contribution in [0.2, 0.25) is 5.02 Å². The molecule has 0 fully saturated rings. The third kappa shape index (κ3) is 6.72. The minimum absolute atomic E-state index is 0.124. The van der Waals surface area contributed by atoms with Crippen LogP contribution < -0.4 is 10.0 Å². The van der Waals surface area contributed by atoms with Crippen LogP contribution >= 0.6 is 27.5 Å². The van der Waals surface area contributed by atoms with E-state index in [1.54, 1.807) is 0 Å². The molecule has 2 N–H and O–H groups in total. The summed E-state index contributed by atoms with van der Waals surface area (Å²) in [5.41, 5.74) is 1.03. The largest absolute Gasteiger partial charge is 0.310 e. The lowest BCUT2D eigenvalue weighted by Crippen LogP contribution is -2.27. The Hall–Kier alpha value is -0.140. The van der Waals surface area contributed by atoms with Crippen LogP contribution in [0.5, 0.6) is 0 Å². The van der Waals surface area contributed by atoms with Gasteiger partial charge in [0.05, 0.1) is 6.26 Å². The highest BCUT2D eigenvalue weighted by Crippen LogP contribution is 2.26. The summed E-state index contributed by atoms with van der Waals surface area (Å²) in [5.74, 6) is 0. The topological polar surface area (TPSA) is 58.2 Å². The van der Waals surface area contributed by atoms with Crippen LogP contribution in [-0.4, -0.2) is 27.8 Å². The third-order valence-electron chi connectivity index (χ3n) is 2.60. The van der Waals surface area contributed by atoms with Crippen molar-refractivity contribution in [3.63, 3.8) is 0 Å². The van der Waals surface area contributed by atoms with Crippen LogP contribution in [0.1, 0.15) is 24.9 Å². The Morgan fingerprint density at radius 2 is 2.05 bits per heavy atom. The molecule has 1 rings (SSSR count). The van der Waals surface area contributed by atoms with Crippen molar-refractivity contribution in [3.05, 3.63) is 33.3 Å². The van der Waals surface area contributed by atoms with Gasteiger partial charge in [0.15, 0.2) is 0 Å². The second kappa shape index (κ2) is 7.59. The zero-order valence-corrected chi connectivity index (χ0v) is 14.1. The highest BCUT2D eigenvalue weighted by molar-refractivity contribution is 9.10. The summed E-state index contributed by atoms with van der Waals surface area (Å²) in [4.78, 5) is 0. The first-order chi connectivity index (χ1) is 8.79. The Morgan fingerprint density at radius 3 is 2.63 bits per heavy atom. The zero-order valence-electron chi connectivity index (χ0n) is 10.9. The van der Waals surface area contributed by atoms with Crippen LogP contribution in [0.15, 0.2) is 22.7 Å². The number of benzene rings is 1. The van der Waals surface area contributed by atoms with E-state index >= 15 is 0 Å². The number of hydrogen-bond donors (Lipinski definition) is 2. The molecule has 0 aliphatic carbocycles. The van der Waals surface area contributed by atoms with Crippen LogP contribution in [0.25, 0.3) is 0 Å². The van der Waals surface area contributed by atoms with Gasteiger partial charge in [-0.15, -0.1) is 0 Å². The maximum absolute atomic E-state index is 10.9. The Morgan fingerprint density at radius 1 is 1.37 bits per heavy atom. The molecular weight excluding hydrogens is 352 g/mol. The molecule has 0 aliphatic heterocycles. The number of halogens is 2. The van der Waals surface area contributed by atoms with Crippen molar-refractivity contribution in [2.75, 3.05) is 19.3 Å². The summed E-state index contributed by atoms with van der Waals surface area (Å²) in [6.45, 7) is 3.18. The van der Waals surface area contributed by atoms with Crippen LogP contribution in [0, 0.1) is 0 Å². The Labute approximate surface area is 128 Å². The van der Waals surface area contributed by atoms with Crippen molar-refractivity contribution >= 4 is 37.6 Å². The Bertz CT molecular complexity index is 522. The van der Waals surface area contributed by atoms with Crippen molar-refractivity contribution in [2.45, 2.75) is 19.4 Å². The summed E-state index contributed by atoms with van der Waals surface area (Å²) >= 11 is 9.53. The summed E-state index contributed by atoms with van der Waals surface area (Å²) in [7, 11) is -3.09. The summed E-state index contributed by atoms with van der Waals surface area (Å²) in [6, 6.07) is 5.91. The van der Waals surface area contributed by atoms with Crippen molar-refractivity contribution in [2.24, 2.45) is 0 Å². The number of rotatable bonds is 7. The molecule has 19 heavy (non-hydrogen) atoms. The minimum atomic E-state index is -3.09. The number of hydrogen-bond acceptors (Lipinski definition) is 3. The minimum Gasteiger partial charge on any atom is -0.310 e. The van der Waals surface area contributed by atoms with Gasteiger partial charge < -0.3 is 5.32 Å². The van der Waals surface area contributed by atoms with Gasteiger partial charge >= 0.3 is 0 Å². The van der Waals surface area contributed by atoms with Gasteiger partial charge in [0, 0.05) is 22.1 Å². The Kier molecular flexibility index (Phi) is 6.76. The van der Waals surface area contributed by atoms with Crippen LogP contribution in [0.3, 0.4) is 0 Å². The molecule has 1 aromatic rings. The van der Waals surface area contributed by atoms with Gasteiger partial charge in [-0.1, -0.05) is 33.6 Å². The normalized spacial score (nSPS) is 13.5. The summed E-state index contributed by atoms with van der Waals surface area (Å²) < 4.78 is 25.1. The van der Waals surface area contributed by atoms with E-state index in [1.807, 2.05) is 25.1 Å². The van der Waals surface area contributed by atoms with E-state index in [0.29, 0.717) is 11.6 Å². The van der Waals surface area contributed by atoms with Gasteiger partial charge in [-0.3, -0.25) is 0 Å². The SMILES string of the molecule is CC(NCCCNS(C)(=O)=O)c1ccc(Br)cc1Cl. The molecule has 1 aromatic carbocycles. The molecule has 4 nitrogen and oxygen atoms in total. The molecule has 108 valence electrons. The maximum Gasteiger partial charge on any atom is 0.208 e. The van der Waals surface area contributed by atoms with Crippen molar-refractivity contribution in [1.82, 2.24) is 10.0 Å². The molecule has 0 radical (unpaired) electrons. The van der Waals surface area contributed by atoms with E-state index in [2.05, 4.69) is 26.0 Å². The van der Waals surface area contributed by atoms with E-state index in [4.69, 9.17) is 11.6 Å². The second-order valence-corrected chi connectivity index (χ2v) is 7.52. The molecule has 0 saturated carbocycles. The van der Waals surface area contributed by atoms with E-state index < -0.39 is 10.0 Å². The van der Waals surface area contributed by atoms with Gasteiger partial charge in [-0.05, 0) is 37.6 Å². The first-order valence-corrected chi connectivity index (χ1v) is 8.99. The summed E-state index contributed by atoms with van der Waals surface area (Å²) in [6.07, 6.45) is 1.89. The predicted octanol–water partition coefficient (Wildman–Crippen LogP) is 2.69. The Balaban J connectivity index is 2.37. The molecule has 0 aromatic heterocycles. The second-order valence-electron chi connectivity index (χ2n) is 4.36. The van der Waals surface area contributed by atoms with E-state index in [-0.39, 0.29) is 6.04 Å². The number of sulfonamides is 1. The molecule has 0 aliphatic rings. The van der Waals surface area contributed by atoms with E-state index in [1.165, 1.54) is 0 Å². The van der Waals surface area contributed by atoms with Crippen molar-refractivity contribution in [3.8, 4) is 0 Å². The maximum atomic E-state index is 10.9. The van der Waals surface area contributed by atoms with Crippen LogP contribution in [0.4, 0.5) is 0 Å².